The Morgan fingerprint density at radius 3 is 2.56 bits per heavy atom. The molecule has 2 aromatic heterocycles. The van der Waals surface area contributed by atoms with E-state index in [1.807, 2.05) is 6.92 Å². The molecule has 11 heteroatoms. The van der Waals surface area contributed by atoms with E-state index in [2.05, 4.69) is 25.9 Å². The van der Waals surface area contributed by atoms with Crippen molar-refractivity contribution in [1.29, 1.82) is 0 Å². The minimum absolute atomic E-state index is 0.0616. The molecular weight excluding hydrogens is 592 g/mol. The van der Waals surface area contributed by atoms with E-state index in [9.17, 15) is 19.2 Å². The van der Waals surface area contributed by atoms with Gasteiger partial charge in [0.05, 0.1) is 23.9 Å². The first-order valence-corrected chi connectivity index (χ1v) is 14.4. The number of rotatable bonds is 7. The van der Waals surface area contributed by atoms with Gasteiger partial charge in [0.25, 0.3) is 5.91 Å². The molecule has 2 aromatic carbocycles. The van der Waals surface area contributed by atoms with Crippen LogP contribution in [0.5, 0.6) is 5.75 Å². The Balaban J connectivity index is 1.68. The summed E-state index contributed by atoms with van der Waals surface area (Å²) in [6, 6.07) is 8.66. The van der Waals surface area contributed by atoms with Crippen molar-refractivity contribution in [3.8, 4) is 5.75 Å². The second-order valence-corrected chi connectivity index (χ2v) is 10.9. The number of halogens is 1. The molecular formula is C30H31BrN4O6. The van der Waals surface area contributed by atoms with Crippen molar-refractivity contribution >= 4 is 67.2 Å². The van der Waals surface area contributed by atoms with Crippen LogP contribution in [-0.2, 0) is 4.74 Å². The summed E-state index contributed by atoms with van der Waals surface area (Å²) in [5, 5.41) is 1.84. The number of aryl methyl sites for hydroxylation is 1. The number of fused-ring (bicyclic) bond motifs is 4. The number of aromatic nitrogens is 2. The molecule has 1 atom stereocenters. The van der Waals surface area contributed by atoms with Gasteiger partial charge in [-0.2, -0.15) is 0 Å². The maximum absolute atomic E-state index is 14.0. The maximum Gasteiger partial charge on any atom is 0.415 e. The molecule has 2 amide bonds. The molecule has 1 aliphatic heterocycles. The van der Waals surface area contributed by atoms with Crippen molar-refractivity contribution in [3.05, 3.63) is 58.4 Å². The van der Waals surface area contributed by atoms with E-state index < -0.39 is 12.1 Å². The van der Waals surface area contributed by atoms with Gasteiger partial charge in [0.2, 0.25) is 0 Å². The van der Waals surface area contributed by atoms with Gasteiger partial charge in [0.1, 0.15) is 5.69 Å². The second-order valence-electron chi connectivity index (χ2n) is 10.3. The summed E-state index contributed by atoms with van der Waals surface area (Å²) in [6.45, 7) is 6.06. The van der Waals surface area contributed by atoms with Crippen molar-refractivity contribution < 1.29 is 28.7 Å². The number of esters is 1. The third-order valence-electron chi connectivity index (χ3n) is 7.50. The first-order valence-electron chi connectivity index (χ1n) is 13.3. The van der Waals surface area contributed by atoms with Crippen LogP contribution in [0.2, 0.25) is 0 Å². The van der Waals surface area contributed by atoms with Gasteiger partial charge in [0.15, 0.2) is 11.5 Å². The van der Waals surface area contributed by atoms with Crippen LogP contribution in [0.15, 0.2) is 30.3 Å². The second kappa shape index (κ2) is 11.0. The number of anilines is 1. The summed E-state index contributed by atoms with van der Waals surface area (Å²) < 4.78 is 11.0. The van der Waals surface area contributed by atoms with E-state index in [4.69, 9.17) is 9.47 Å². The highest BCUT2D eigenvalue weighted by Crippen LogP contribution is 2.48. The Morgan fingerprint density at radius 1 is 1.15 bits per heavy atom. The molecule has 0 saturated carbocycles. The highest BCUT2D eigenvalue weighted by molar-refractivity contribution is 9.09. The molecule has 3 heterocycles. The Kier molecular flexibility index (Phi) is 7.65. The fourth-order valence-electron chi connectivity index (χ4n) is 5.49. The van der Waals surface area contributed by atoms with Gasteiger partial charge in [-0.1, -0.05) is 22.9 Å². The summed E-state index contributed by atoms with van der Waals surface area (Å²) in [6.07, 6.45) is 0.206. The van der Waals surface area contributed by atoms with Crippen molar-refractivity contribution in [2.24, 2.45) is 0 Å². The number of H-pyrrole nitrogens is 2. The highest BCUT2D eigenvalue weighted by Gasteiger charge is 2.38. The van der Waals surface area contributed by atoms with Crippen molar-refractivity contribution in [3.63, 3.8) is 0 Å². The number of nitrogens with zero attached hydrogens (tertiary/aromatic N) is 2. The quantitative estimate of drug-likeness (QED) is 0.150. The molecule has 1 aliphatic rings. The third-order valence-corrected chi connectivity index (χ3v) is 8.28. The van der Waals surface area contributed by atoms with Gasteiger partial charge >= 0.3 is 12.1 Å². The smallest absolute Gasteiger partial charge is 0.415 e. The van der Waals surface area contributed by atoms with Crippen molar-refractivity contribution in [2.45, 2.75) is 33.1 Å². The summed E-state index contributed by atoms with van der Waals surface area (Å²) >= 11 is 3.60. The van der Waals surface area contributed by atoms with Gasteiger partial charge in [-0.3, -0.25) is 9.59 Å². The number of aromatic amines is 2. The van der Waals surface area contributed by atoms with Crippen LogP contribution in [0, 0.1) is 6.92 Å². The molecule has 4 aromatic rings. The molecule has 2 N–H and O–H groups in total. The number of methoxy groups -OCH3 is 1. The summed E-state index contributed by atoms with van der Waals surface area (Å²) in [5.74, 6) is -0.829. The normalized spacial score (nSPS) is 14.4. The number of nitrogens with one attached hydrogen (secondary N) is 2. The van der Waals surface area contributed by atoms with Crippen LogP contribution in [0.1, 0.15) is 68.6 Å². The Hall–Kier alpha value is -4.12. The molecule has 0 aliphatic carbocycles. The minimum atomic E-state index is -0.551. The van der Waals surface area contributed by atoms with Crippen LogP contribution in [0.25, 0.3) is 21.8 Å². The van der Waals surface area contributed by atoms with Gasteiger partial charge in [0, 0.05) is 65.0 Å². The van der Waals surface area contributed by atoms with Crippen LogP contribution in [-0.4, -0.2) is 71.2 Å². The van der Waals surface area contributed by atoms with Crippen LogP contribution < -0.4 is 9.64 Å². The Morgan fingerprint density at radius 2 is 1.90 bits per heavy atom. The number of ketones is 1. The molecule has 0 unspecified atom stereocenters. The summed E-state index contributed by atoms with van der Waals surface area (Å²) in [4.78, 5) is 61.3. The van der Waals surface area contributed by atoms with Crippen LogP contribution >= 0.6 is 15.9 Å². The molecule has 5 rings (SSSR count). The monoisotopic (exact) mass is 622 g/mol. The van der Waals surface area contributed by atoms with E-state index in [0.717, 1.165) is 22.9 Å². The predicted molar refractivity (Wildman–Crippen MR) is 160 cm³/mol. The topological polar surface area (TPSA) is 125 Å². The fourth-order valence-corrected chi connectivity index (χ4v) is 6.02. The minimum Gasteiger partial charge on any atom is -0.465 e. The van der Waals surface area contributed by atoms with E-state index >= 15 is 0 Å². The molecule has 0 spiro atoms. The average Bonchev–Trinajstić information content (AvgIpc) is 3.64. The van der Waals surface area contributed by atoms with Crippen molar-refractivity contribution in [1.82, 2.24) is 14.9 Å². The lowest BCUT2D eigenvalue weighted by Gasteiger charge is -2.19. The molecule has 0 fully saturated rings. The largest absolute Gasteiger partial charge is 0.465 e. The average molecular weight is 624 g/mol. The number of Topliss-reactive ketones (excluding diaryl/α,β-unsaturated/α-hetero) is 1. The fraction of sp³-hybridized carbons (Fsp3) is 0.333. The molecule has 10 nitrogen and oxygen atoms in total. The lowest BCUT2D eigenvalue weighted by atomic mass is 9.95. The van der Waals surface area contributed by atoms with E-state index in [1.165, 1.54) is 18.9 Å². The van der Waals surface area contributed by atoms with E-state index in [-0.39, 0.29) is 23.4 Å². The van der Waals surface area contributed by atoms with E-state index in [0.29, 0.717) is 57.5 Å². The van der Waals surface area contributed by atoms with Gasteiger partial charge in [-0.25, -0.2) is 9.59 Å². The molecule has 0 radical (unpaired) electrons. The van der Waals surface area contributed by atoms with Gasteiger partial charge in [-0.15, -0.1) is 0 Å². The third kappa shape index (κ3) is 4.88. The summed E-state index contributed by atoms with van der Waals surface area (Å²) in [5.41, 5.74) is 4.35. The molecule has 0 saturated heterocycles. The SMILES string of the molecule is CCCN(C)C(=O)Oc1cc2c(c3c(C(=O)OC)c(C)[nH]c13)[C@H](CBr)CN2C(=O)c1cc2cc(C(C)=O)ccc2[nH]1. The number of hydrogen-bond acceptors (Lipinski definition) is 6. The zero-order chi connectivity index (χ0) is 29.6. The Bertz CT molecular complexity index is 1720. The number of ether oxygens (including phenoxy) is 2. The number of hydrogen-bond donors (Lipinski definition) is 2. The predicted octanol–water partition coefficient (Wildman–Crippen LogP) is 5.93. The van der Waals surface area contributed by atoms with Crippen LogP contribution in [0.3, 0.4) is 0 Å². The molecule has 41 heavy (non-hydrogen) atoms. The Labute approximate surface area is 245 Å². The molecule has 214 valence electrons. The number of amides is 2. The zero-order valence-electron chi connectivity index (χ0n) is 23.5. The lowest BCUT2D eigenvalue weighted by Crippen LogP contribution is -2.31. The van der Waals surface area contributed by atoms with Crippen LogP contribution in [0.4, 0.5) is 10.5 Å². The highest BCUT2D eigenvalue weighted by atomic mass is 79.9. The summed E-state index contributed by atoms with van der Waals surface area (Å²) in [7, 11) is 2.97. The lowest BCUT2D eigenvalue weighted by molar-refractivity contribution is 0.0601. The molecule has 0 bridgehead atoms. The number of alkyl halides is 1. The first kappa shape index (κ1) is 28.4. The zero-order valence-corrected chi connectivity index (χ0v) is 25.1. The maximum atomic E-state index is 14.0. The number of carbonyl (C=O) groups is 4. The van der Waals surface area contributed by atoms with Gasteiger partial charge in [-0.05, 0) is 50.1 Å². The van der Waals surface area contributed by atoms with Crippen molar-refractivity contribution in [2.75, 3.05) is 37.5 Å². The standard InChI is InChI=1S/C30H31BrN4O6/c1-6-9-34(4)30(39)41-23-12-22-25(26-24(29(38)40-5)15(2)32-27(23)26)19(13-31)14-35(22)28(37)21-11-18-10-17(16(3)36)7-8-20(18)33-21/h7-8,10-12,19,32-33H,6,9,13-14H2,1-5H3/t19-/m1/s1. The van der Waals surface area contributed by atoms with E-state index in [1.54, 1.807) is 49.2 Å². The first-order chi connectivity index (χ1) is 19.6. The van der Waals surface area contributed by atoms with Gasteiger partial charge < -0.3 is 29.2 Å². The number of carbonyl (C=O) groups excluding carboxylic acids is 4. The number of benzene rings is 2.